The van der Waals surface area contributed by atoms with Crippen LogP contribution in [0.2, 0.25) is 0 Å². The van der Waals surface area contributed by atoms with E-state index in [1.54, 1.807) is 0 Å². The number of nitrogens with one attached hydrogen (secondary N) is 1. The molecule has 0 aromatic heterocycles. The van der Waals surface area contributed by atoms with Crippen LogP contribution >= 0.6 is 0 Å². The van der Waals surface area contributed by atoms with Crippen LogP contribution in [0.25, 0.3) is 0 Å². The second-order valence-corrected chi connectivity index (χ2v) is 5.93. The molecule has 1 aliphatic rings. The Labute approximate surface area is 121 Å². The van der Waals surface area contributed by atoms with Crippen LogP contribution in [-0.2, 0) is 9.53 Å². The fourth-order valence-corrected chi connectivity index (χ4v) is 2.71. The van der Waals surface area contributed by atoms with Gasteiger partial charge >= 0.3 is 0 Å². The number of amides is 1. The quantitative estimate of drug-likeness (QED) is 0.901. The molecule has 1 aromatic rings. The van der Waals surface area contributed by atoms with Crippen molar-refractivity contribution < 1.29 is 9.53 Å². The van der Waals surface area contributed by atoms with Gasteiger partial charge in [-0.3, -0.25) is 4.79 Å². The fourth-order valence-electron chi connectivity index (χ4n) is 2.71. The molecule has 20 heavy (non-hydrogen) atoms. The van der Waals surface area contributed by atoms with Crippen LogP contribution in [0.1, 0.15) is 56.6 Å². The minimum absolute atomic E-state index is 0.0631. The zero-order valence-corrected chi connectivity index (χ0v) is 12.7. The molecule has 0 bridgehead atoms. The van der Waals surface area contributed by atoms with Crippen molar-refractivity contribution in [1.29, 1.82) is 0 Å². The predicted molar refractivity (Wildman–Crippen MR) is 82.1 cm³/mol. The van der Waals surface area contributed by atoms with E-state index >= 15 is 0 Å². The molecule has 1 saturated heterocycles. The molecule has 3 nitrogen and oxygen atoms in total. The van der Waals surface area contributed by atoms with Gasteiger partial charge in [0.25, 0.3) is 0 Å². The highest BCUT2D eigenvalue weighted by Crippen LogP contribution is 2.28. The van der Waals surface area contributed by atoms with Gasteiger partial charge in [-0.05, 0) is 43.2 Å². The summed E-state index contributed by atoms with van der Waals surface area (Å²) in [7, 11) is 0. The smallest absolute Gasteiger partial charge is 0.227 e. The van der Waals surface area contributed by atoms with E-state index in [-0.39, 0.29) is 12.0 Å². The lowest BCUT2D eigenvalue weighted by atomic mass is 9.98. The first-order chi connectivity index (χ1) is 9.58. The Kier molecular flexibility index (Phi) is 5.18. The molecule has 0 spiro atoms. The first-order valence-corrected chi connectivity index (χ1v) is 7.59. The molecule has 1 aliphatic heterocycles. The summed E-state index contributed by atoms with van der Waals surface area (Å²) in [6.07, 6.45) is 3.84. The Hall–Kier alpha value is -1.35. The normalized spacial score (nSPS) is 19.1. The highest BCUT2D eigenvalue weighted by atomic mass is 16.5. The van der Waals surface area contributed by atoms with Gasteiger partial charge in [-0.15, -0.1) is 0 Å². The Morgan fingerprint density at radius 1 is 1.40 bits per heavy atom. The average Bonchev–Trinajstić information content (AvgIpc) is 2.42. The number of hydrogen-bond donors (Lipinski definition) is 1. The van der Waals surface area contributed by atoms with Crippen molar-refractivity contribution in [3.8, 4) is 0 Å². The molecule has 0 aliphatic carbocycles. The third kappa shape index (κ3) is 3.83. The molecule has 1 fully saturated rings. The third-order valence-electron chi connectivity index (χ3n) is 3.88. The monoisotopic (exact) mass is 275 g/mol. The van der Waals surface area contributed by atoms with Gasteiger partial charge < -0.3 is 10.1 Å². The van der Waals surface area contributed by atoms with E-state index in [9.17, 15) is 4.79 Å². The maximum absolute atomic E-state index is 12.2. The van der Waals surface area contributed by atoms with Crippen molar-refractivity contribution in [2.24, 2.45) is 0 Å². The van der Waals surface area contributed by atoms with Gasteiger partial charge in [0.15, 0.2) is 0 Å². The summed E-state index contributed by atoms with van der Waals surface area (Å²) in [6, 6.07) is 6.17. The van der Waals surface area contributed by atoms with Crippen LogP contribution in [0, 0.1) is 6.92 Å². The molecule has 1 heterocycles. The number of para-hydroxylation sites is 1. The zero-order chi connectivity index (χ0) is 14.5. The molecule has 110 valence electrons. The van der Waals surface area contributed by atoms with Crippen LogP contribution in [-0.4, -0.2) is 18.6 Å². The molecule has 1 amide bonds. The summed E-state index contributed by atoms with van der Waals surface area (Å²) in [5, 5.41) is 3.09. The van der Waals surface area contributed by atoms with Gasteiger partial charge in [0.05, 0.1) is 12.5 Å². The maximum atomic E-state index is 12.2. The van der Waals surface area contributed by atoms with Crippen molar-refractivity contribution in [1.82, 2.24) is 0 Å². The molecule has 1 atom stereocenters. The largest absolute Gasteiger partial charge is 0.378 e. The minimum Gasteiger partial charge on any atom is -0.378 e. The molecular formula is C17H25NO2. The SMILES string of the molecule is Cc1cccc(C(C)C)c1NC(=O)CC1CCCCO1. The van der Waals surface area contributed by atoms with E-state index in [1.165, 1.54) is 12.0 Å². The number of ether oxygens (including phenoxy) is 1. The van der Waals surface area contributed by atoms with Crippen LogP contribution in [0.5, 0.6) is 0 Å². The van der Waals surface area contributed by atoms with Crippen LogP contribution in [0.15, 0.2) is 18.2 Å². The molecular weight excluding hydrogens is 250 g/mol. The minimum atomic E-state index is 0.0631. The van der Waals surface area contributed by atoms with Crippen molar-refractivity contribution >= 4 is 11.6 Å². The lowest BCUT2D eigenvalue weighted by Gasteiger charge is -2.23. The number of benzene rings is 1. The Balaban J connectivity index is 2.03. The van der Waals surface area contributed by atoms with Crippen LogP contribution in [0.3, 0.4) is 0 Å². The molecule has 1 aromatic carbocycles. The Morgan fingerprint density at radius 3 is 2.85 bits per heavy atom. The maximum Gasteiger partial charge on any atom is 0.227 e. The van der Waals surface area contributed by atoms with Gasteiger partial charge in [-0.2, -0.15) is 0 Å². The number of rotatable bonds is 4. The summed E-state index contributed by atoms with van der Waals surface area (Å²) >= 11 is 0. The third-order valence-corrected chi connectivity index (χ3v) is 3.88. The summed E-state index contributed by atoms with van der Waals surface area (Å²) in [5.74, 6) is 0.462. The summed E-state index contributed by atoms with van der Waals surface area (Å²) < 4.78 is 5.63. The lowest BCUT2D eigenvalue weighted by molar-refractivity contribution is -0.119. The molecule has 0 radical (unpaired) electrons. The second kappa shape index (κ2) is 6.89. The fraction of sp³-hybridized carbons (Fsp3) is 0.588. The molecule has 1 unspecified atom stereocenters. The standard InChI is InChI=1S/C17H25NO2/c1-12(2)15-9-6-7-13(3)17(15)18-16(19)11-14-8-4-5-10-20-14/h6-7,9,12,14H,4-5,8,10-11H2,1-3H3,(H,18,19). The van der Waals surface area contributed by atoms with E-state index in [4.69, 9.17) is 4.74 Å². The first kappa shape index (κ1) is 15.0. The predicted octanol–water partition coefficient (Wildman–Crippen LogP) is 4.02. The molecule has 1 N–H and O–H groups in total. The van der Waals surface area contributed by atoms with E-state index in [0.717, 1.165) is 30.7 Å². The van der Waals surface area contributed by atoms with Crippen LogP contribution < -0.4 is 5.32 Å². The number of aryl methyl sites for hydroxylation is 1. The first-order valence-electron chi connectivity index (χ1n) is 7.59. The topological polar surface area (TPSA) is 38.3 Å². The van der Waals surface area contributed by atoms with Crippen molar-refractivity contribution in [2.45, 2.75) is 58.5 Å². The van der Waals surface area contributed by atoms with Gasteiger partial charge in [0, 0.05) is 12.3 Å². The van der Waals surface area contributed by atoms with E-state index < -0.39 is 0 Å². The van der Waals surface area contributed by atoms with Crippen molar-refractivity contribution in [3.63, 3.8) is 0 Å². The number of anilines is 1. The van der Waals surface area contributed by atoms with Crippen molar-refractivity contribution in [3.05, 3.63) is 29.3 Å². The number of carbonyl (C=O) groups excluding carboxylic acids is 1. The summed E-state index contributed by atoms with van der Waals surface area (Å²) in [6.45, 7) is 7.13. The molecule has 3 heteroatoms. The lowest BCUT2D eigenvalue weighted by Crippen LogP contribution is -2.26. The van der Waals surface area contributed by atoms with Gasteiger partial charge in [0.1, 0.15) is 0 Å². The van der Waals surface area contributed by atoms with E-state index in [1.807, 2.05) is 19.1 Å². The summed E-state index contributed by atoms with van der Waals surface area (Å²) in [4.78, 5) is 12.2. The average molecular weight is 275 g/mol. The van der Waals surface area contributed by atoms with Gasteiger partial charge in [-0.25, -0.2) is 0 Å². The number of carbonyl (C=O) groups is 1. The van der Waals surface area contributed by atoms with Crippen LogP contribution in [0.4, 0.5) is 5.69 Å². The molecule has 0 saturated carbocycles. The van der Waals surface area contributed by atoms with E-state index in [0.29, 0.717) is 12.3 Å². The van der Waals surface area contributed by atoms with Crippen molar-refractivity contribution in [2.75, 3.05) is 11.9 Å². The summed E-state index contributed by atoms with van der Waals surface area (Å²) in [5.41, 5.74) is 3.29. The van der Waals surface area contributed by atoms with Gasteiger partial charge in [0.2, 0.25) is 5.91 Å². The second-order valence-electron chi connectivity index (χ2n) is 5.93. The van der Waals surface area contributed by atoms with E-state index in [2.05, 4.69) is 25.2 Å². The number of hydrogen-bond acceptors (Lipinski definition) is 2. The zero-order valence-electron chi connectivity index (χ0n) is 12.7. The highest BCUT2D eigenvalue weighted by Gasteiger charge is 2.19. The van der Waals surface area contributed by atoms with Gasteiger partial charge in [-0.1, -0.05) is 32.0 Å². The Bertz CT molecular complexity index is 462. The Morgan fingerprint density at radius 2 is 2.20 bits per heavy atom. The molecule has 2 rings (SSSR count). The highest BCUT2D eigenvalue weighted by molar-refractivity contribution is 5.92.